The molecule has 1 nitrogen and oxygen atoms in total. The van der Waals surface area contributed by atoms with E-state index in [1.165, 1.54) is 0 Å². The molecule has 0 aromatic heterocycles. The van der Waals surface area contributed by atoms with Crippen LogP contribution in [0.3, 0.4) is 0 Å². The van der Waals surface area contributed by atoms with E-state index in [4.69, 9.17) is 0 Å². The summed E-state index contributed by atoms with van der Waals surface area (Å²) >= 11 is 0. The summed E-state index contributed by atoms with van der Waals surface area (Å²) in [6.07, 6.45) is 3.22. The second-order valence-corrected chi connectivity index (χ2v) is 3.65. The van der Waals surface area contributed by atoms with Gasteiger partial charge in [0.25, 0.3) is 0 Å². The van der Waals surface area contributed by atoms with Gasteiger partial charge in [-0.15, -0.1) is 0 Å². The van der Waals surface area contributed by atoms with E-state index < -0.39 is 0 Å². The second-order valence-electron chi connectivity index (χ2n) is 3.65. The number of carbonyl (C=O) groups is 1. The number of aldehydes is 1. The summed E-state index contributed by atoms with van der Waals surface area (Å²) in [7, 11) is 0. The number of benzene rings is 1. The first-order valence-electron chi connectivity index (χ1n) is 5.33. The summed E-state index contributed by atoms with van der Waals surface area (Å²) in [5.41, 5.74) is 1.15. The lowest BCUT2D eigenvalue weighted by atomic mass is 9.84. The highest BCUT2D eigenvalue weighted by Gasteiger charge is 2.18. The van der Waals surface area contributed by atoms with Crippen molar-refractivity contribution in [3.8, 4) is 0 Å². The second kappa shape index (κ2) is 5.58. The minimum absolute atomic E-state index is 0.0752. The molecule has 1 aromatic rings. The monoisotopic (exact) mass is 190 g/mol. The molecule has 1 heteroatoms. The first kappa shape index (κ1) is 11.0. The average molecular weight is 190 g/mol. The molecule has 1 unspecified atom stereocenters. The van der Waals surface area contributed by atoms with Gasteiger partial charge in [0.2, 0.25) is 0 Å². The molecule has 1 rings (SSSR count). The molecule has 0 N–H and O–H groups in total. The van der Waals surface area contributed by atoms with Gasteiger partial charge in [-0.05, 0) is 11.5 Å². The minimum Gasteiger partial charge on any atom is -0.303 e. The summed E-state index contributed by atoms with van der Waals surface area (Å²) in [5, 5.41) is 0. The van der Waals surface area contributed by atoms with Crippen molar-refractivity contribution in [2.75, 3.05) is 0 Å². The zero-order chi connectivity index (χ0) is 10.4. The molecular formula is C13H18O. The molecule has 0 aliphatic heterocycles. The molecule has 0 saturated carbocycles. The molecule has 0 heterocycles. The predicted molar refractivity (Wildman–Crippen MR) is 59.3 cm³/mol. The summed E-state index contributed by atoms with van der Waals surface area (Å²) < 4.78 is 0. The quantitative estimate of drug-likeness (QED) is 0.650. The van der Waals surface area contributed by atoms with Gasteiger partial charge in [-0.25, -0.2) is 0 Å². The van der Waals surface area contributed by atoms with Crippen LogP contribution < -0.4 is 0 Å². The van der Waals surface area contributed by atoms with E-state index in [0.717, 1.165) is 24.7 Å². The zero-order valence-electron chi connectivity index (χ0n) is 8.94. The Morgan fingerprint density at radius 2 is 1.71 bits per heavy atom. The van der Waals surface area contributed by atoms with Gasteiger partial charge in [0.05, 0.1) is 0 Å². The molecule has 0 amide bonds. The van der Waals surface area contributed by atoms with E-state index >= 15 is 0 Å². The largest absolute Gasteiger partial charge is 0.303 e. The molecule has 0 bridgehead atoms. The average Bonchev–Trinajstić information content (AvgIpc) is 2.27. The van der Waals surface area contributed by atoms with E-state index in [1.54, 1.807) is 0 Å². The van der Waals surface area contributed by atoms with Crippen LogP contribution in [0.15, 0.2) is 30.3 Å². The van der Waals surface area contributed by atoms with Crippen LogP contribution in [-0.2, 0) is 4.79 Å². The van der Waals surface area contributed by atoms with Gasteiger partial charge in [-0.2, -0.15) is 0 Å². The SMILES string of the molecule is CCC(CC)C(C=O)c1ccccc1. The van der Waals surface area contributed by atoms with Crippen LogP contribution in [-0.4, -0.2) is 6.29 Å². The van der Waals surface area contributed by atoms with Crippen molar-refractivity contribution < 1.29 is 4.79 Å². The summed E-state index contributed by atoms with van der Waals surface area (Å²) in [6, 6.07) is 10.1. The van der Waals surface area contributed by atoms with E-state index in [1.807, 2.05) is 30.3 Å². The fourth-order valence-electron chi connectivity index (χ4n) is 1.93. The van der Waals surface area contributed by atoms with Crippen LogP contribution in [0.2, 0.25) is 0 Å². The van der Waals surface area contributed by atoms with E-state index in [9.17, 15) is 4.79 Å². The molecule has 0 spiro atoms. The van der Waals surface area contributed by atoms with Crippen LogP contribution in [0.1, 0.15) is 38.2 Å². The highest BCUT2D eigenvalue weighted by atomic mass is 16.1. The van der Waals surface area contributed by atoms with E-state index in [0.29, 0.717) is 5.92 Å². The molecular weight excluding hydrogens is 172 g/mol. The Bertz CT molecular complexity index is 262. The van der Waals surface area contributed by atoms with Crippen LogP contribution in [0.25, 0.3) is 0 Å². The first-order valence-corrected chi connectivity index (χ1v) is 5.33. The summed E-state index contributed by atoms with van der Waals surface area (Å²) in [4.78, 5) is 11.1. The lowest BCUT2D eigenvalue weighted by molar-refractivity contribution is -0.110. The van der Waals surface area contributed by atoms with Gasteiger partial charge >= 0.3 is 0 Å². The van der Waals surface area contributed by atoms with Crippen molar-refractivity contribution in [3.05, 3.63) is 35.9 Å². The molecule has 76 valence electrons. The van der Waals surface area contributed by atoms with Crippen LogP contribution in [0, 0.1) is 5.92 Å². The molecule has 0 aliphatic carbocycles. The van der Waals surface area contributed by atoms with Crippen molar-refractivity contribution in [2.24, 2.45) is 5.92 Å². The topological polar surface area (TPSA) is 17.1 Å². The Balaban J connectivity index is 2.86. The summed E-state index contributed by atoms with van der Waals surface area (Å²) in [6.45, 7) is 4.29. The molecule has 14 heavy (non-hydrogen) atoms. The van der Waals surface area contributed by atoms with Gasteiger partial charge in [-0.3, -0.25) is 0 Å². The maximum absolute atomic E-state index is 11.1. The predicted octanol–water partition coefficient (Wildman–Crippen LogP) is 3.41. The van der Waals surface area contributed by atoms with E-state index in [-0.39, 0.29) is 5.92 Å². The van der Waals surface area contributed by atoms with Gasteiger partial charge in [0, 0.05) is 5.92 Å². The van der Waals surface area contributed by atoms with Crippen molar-refractivity contribution in [2.45, 2.75) is 32.6 Å². The van der Waals surface area contributed by atoms with Crippen molar-refractivity contribution in [3.63, 3.8) is 0 Å². The smallest absolute Gasteiger partial charge is 0.127 e. The maximum Gasteiger partial charge on any atom is 0.127 e. The lowest BCUT2D eigenvalue weighted by Crippen LogP contribution is -2.12. The molecule has 0 fully saturated rings. The first-order chi connectivity index (χ1) is 6.83. The zero-order valence-corrected chi connectivity index (χ0v) is 8.94. The molecule has 0 aliphatic rings. The van der Waals surface area contributed by atoms with Gasteiger partial charge in [0.1, 0.15) is 6.29 Å². The third-order valence-electron chi connectivity index (χ3n) is 2.89. The standard InChI is InChI=1S/C13H18O/c1-3-11(4-2)13(10-14)12-8-6-5-7-9-12/h5-11,13H,3-4H2,1-2H3. The molecule has 0 saturated heterocycles. The van der Waals surface area contributed by atoms with Crippen LogP contribution in [0.5, 0.6) is 0 Å². The Labute approximate surface area is 86.1 Å². The highest BCUT2D eigenvalue weighted by Crippen LogP contribution is 2.27. The molecule has 1 atom stereocenters. The number of hydrogen-bond acceptors (Lipinski definition) is 1. The van der Waals surface area contributed by atoms with Crippen molar-refractivity contribution in [1.29, 1.82) is 0 Å². The Hall–Kier alpha value is -1.11. The lowest BCUT2D eigenvalue weighted by Gasteiger charge is -2.20. The minimum atomic E-state index is 0.0752. The number of rotatable bonds is 5. The fourth-order valence-corrected chi connectivity index (χ4v) is 1.93. The van der Waals surface area contributed by atoms with Crippen LogP contribution in [0.4, 0.5) is 0 Å². The third-order valence-corrected chi connectivity index (χ3v) is 2.89. The molecule has 0 radical (unpaired) electrons. The third kappa shape index (κ3) is 2.44. The summed E-state index contributed by atoms with van der Waals surface area (Å²) in [5.74, 6) is 0.557. The Morgan fingerprint density at radius 1 is 1.14 bits per heavy atom. The van der Waals surface area contributed by atoms with Gasteiger partial charge in [-0.1, -0.05) is 57.0 Å². The van der Waals surface area contributed by atoms with Crippen LogP contribution >= 0.6 is 0 Å². The molecule has 1 aromatic carbocycles. The van der Waals surface area contributed by atoms with E-state index in [2.05, 4.69) is 13.8 Å². The Morgan fingerprint density at radius 3 is 2.14 bits per heavy atom. The highest BCUT2D eigenvalue weighted by molar-refractivity contribution is 5.62. The van der Waals surface area contributed by atoms with Crippen molar-refractivity contribution in [1.82, 2.24) is 0 Å². The number of carbonyl (C=O) groups excluding carboxylic acids is 1. The normalized spacial score (nSPS) is 12.8. The fraction of sp³-hybridized carbons (Fsp3) is 0.462. The van der Waals surface area contributed by atoms with Gasteiger partial charge < -0.3 is 4.79 Å². The van der Waals surface area contributed by atoms with Crippen molar-refractivity contribution >= 4 is 6.29 Å². The van der Waals surface area contributed by atoms with Gasteiger partial charge in [0.15, 0.2) is 0 Å². The Kier molecular flexibility index (Phi) is 4.37. The maximum atomic E-state index is 11.1. The number of hydrogen-bond donors (Lipinski definition) is 0.